The third-order valence-corrected chi connectivity index (χ3v) is 3.38. The van der Waals surface area contributed by atoms with Gasteiger partial charge in [0.15, 0.2) is 5.57 Å². The van der Waals surface area contributed by atoms with Gasteiger partial charge in [0.1, 0.15) is 17.6 Å². The van der Waals surface area contributed by atoms with Crippen LogP contribution in [0, 0.1) is 11.3 Å². The van der Waals surface area contributed by atoms with Gasteiger partial charge >= 0.3 is 0 Å². The van der Waals surface area contributed by atoms with E-state index in [4.69, 9.17) is 4.74 Å². The van der Waals surface area contributed by atoms with Gasteiger partial charge in [-0.05, 0) is 36.4 Å². The molecule has 0 saturated carbocycles. The highest BCUT2D eigenvalue weighted by Crippen LogP contribution is 2.31. The van der Waals surface area contributed by atoms with E-state index in [1.807, 2.05) is 30.3 Å². The van der Waals surface area contributed by atoms with Gasteiger partial charge < -0.3 is 20.7 Å². The number of nitriles is 1. The largest absolute Gasteiger partial charge is 0.497 e. The lowest BCUT2D eigenvalue weighted by Gasteiger charge is -2.08. The van der Waals surface area contributed by atoms with Crippen LogP contribution in [-0.2, 0) is 4.79 Å². The second-order valence-corrected chi connectivity index (χ2v) is 4.84. The lowest BCUT2D eigenvalue weighted by molar-refractivity contribution is -0.112. The highest BCUT2D eigenvalue weighted by Gasteiger charge is 2.21. The molecule has 0 unspecified atom stereocenters. The number of fused-ring (bicyclic) bond motifs is 1. The molecule has 0 aliphatic carbocycles. The molecule has 0 radical (unpaired) electrons. The number of hydrogen-bond acceptors (Lipinski definition) is 5. The maximum atomic E-state index is 12.3. The lowest BCUT2D eigenvalue weighted by Crippen LogP contribution is -2.18. The first-order valence-corrected chi connectivity index (χ1v) is 6.94. The molecule has 0 bridgehead atoms. The Morgan fingerprint density at radius 2 is 1.70 bits per heavy atom. The van der Waals surface area contributed by atoms with Crippen molar-refractivity contribution < 1.29 is 9.53 Å². The number of rotatable bonds is 3. The Bertz CT molecular complexity index is 792. The van der Waals surface area contributed by atoms with Gasteiger partial charge in [0.2, 0.25) is 0 Å². The van der Waals surface area contributed by atoms with E-state index in [2.05, 4.69) is 16.0 Å². The third-order valence-electron chi connectivity index (χ3n) is 3.38. The first kappa shape index (κ1) is 14.5. The molecule has 23 heavy (non-hydrogen) atoms. The van der Waals surface area contributed by atoms with Gasteiger partial charge in [0.05, 0.1) is 18.5 Å². The fourth-order valence-corrected chi connectivity index (χ4v) is 2.21. The maximum Gasteiger partial charge on any atom is 0.270 e. The normalized spacial score (nSPS) is 11.6. The zero-order valence-corrected chi connectivity index (χ0v) is 12.4. The molecule has 1 heterocycles. The number of hydrogen-bond donors (Lipinski definition) is 3. The Morgan fingerprint density at radius 3 is 2.22 bits per heavy atom. The number of carbonyl (C=O) groups is 1. The van der Waals surface area contributed by atoms with Gasteiger partial charge in [-0.25, -0.2) is 0 Å². The van der Waals surface area contributed by atoms with E-state index in [0.717, 1.165) is 11.4 Å². The summed E-state index contributed by atoms with van der Waals surface area (Å²) in [5.74, 6) is 0.580. The van der Waals surface area contributed by atoms with Crippen molar-refractivity contribution in [2.45, 2.75) is 0 Å². The average Bonchev–Trinajstić information content (AvgIpc) is 2.99. The number of para-hydroxylation sites is 2. The molecule has 0 fully saturated rings. The number of ether oxygens (including phenoxy) is 1. The molecule has 1 aliphatic heterocycles. The first-order valence-electron chi connectivity index (χ1n) is 6.94. The minimum atomic E-state index is -0.486. The minimum Gasteiger partial charge on any atom is -0.497 e. The molecule has 0 aromatic heterocycles. The number of nitrogens with zero attached hydrogens (tertiary/aromatic N) is 1. The Kier molecular flexibility index (Phi) is 3.85. The lowest BCUT2D eigenvalue weighted by atomic mass is 10.2. The van der Waals surface area contributed by atoms with Crippen LogP contribution in [-0.4, -0.2) is 13.0 Å². The van der Waals surface area contributed by atoms with Crippen molar-refractivity contribution in [2.24, 2.45) is 0 Å². The van der Waals surface area contributed by atoms with Gasteiger partial charge in [0.25, 0.3) is 5.91 Å². The highest BCUT2D eigenvalue weighted by molar-refractivity contribution is 6.08. The third kappa shape index (κ3) is 2.94. The van der Waals surface area contributed by atoms with Gasteiger partial charge in [-0.2, -0.15) is 5.26 Å². The molecule has 2 aromatic rings. The van der Waals surface area contributed by atoms with Gasteiger partial charge in [0, 0.05) is 5.69 Å². The van der Waals surface area contributed by atoms with Gasteiger partial charge in [-0.1, -0.05) is 12.1 Å². The quantitative estimate of drug-likeness (QED) is 0.599. The number of anilines is 3. The van der Waals surface area contributed by atoms with E-state index in [-0.39, 0.29) is 5.57 Å². The Labute approximate surface area is 133 Å². The van der Waals surface area contributed by atoms with Crippen LogP contribution in [0.15, 0.2) is 59.9 Å². The fourth-order valence-electron chi connectivity index (χ4n) is 2.21. The van der Waals surface area contributed by atoms with Crippen molar-refractivity contribution in [3.8, 4) is 11.8 Å². The smallest absolute Gasteiger partial charge is 0.270 e. The molecule has 3 rings (SSSR count). The van der Waals surface area contributed by atoms with Crippen molar-refractivity contribution in [3.63, 3.8) is 0 Å². The molecule has 2 aromatic carbocycles. The van der Waals surface area contributed by atoms with Crippen molar-refractivity contribution in [1.82, 2.24) is 0 Å². The molecule has 0 saturated heterocycles. The standard InChI is InChI=1S/C17H14N4O2/c1-23-12-8-6-11(7-9-12)19-17(22)13(10-18)16-20-14-4-2-3-5-15(14)21-16/h2-9,20-21H,1H3,(H,19,22). The van der Waals surface area contributed by atoms with Crippen molar-refractivity contribution in [3.05, 3.63) is 59.9 Å². The second kappa shape index (κ2) is 6.12. The first-order chi connectivity index (χ1) is 11.2. The highest BCUT2D eigenvalue weighted by atomic mass is 16.5. The Morgan fingerprint density at radius 1 is 1.09 bits per heavy atom. The van der Waals surface area contributed by atoms with Crippen LogP contribution in [0.25, 0.3) is 0 Å². The summed E-state index contributed by atoms with van der Waals surface area (Å²) < 4.78 is 5.07. The van der Waals surface area contributed by atoms with E-state index >= 15 is 0 Å². The Hall–Kier alpha value is -3.46. The Balaban J connectivity index is 1.80. The molecule has 3 N–H and O–H groups in total. The topological polar surface area (TPSA) is 86.2 Å². The molecule has 1 amide bonds. The molecule has 1 aliphatic rings. The van der Waals surface area contributed by atoms with Gasteiger partial charge in [-0.15, -0.1) is 0 Å². The number of carbonyl (C=O) groups excluding carboxylic acids is 1. The van der Waals surface area contributed by atoms with E-state index in [9.17, 15) is 10.1 Å². The maximum absolute atomic E-state index is 12.3. The summed E-state index contributed by atoms with van der Waals surface area (Å²) in [5, 5.41) is 18.1. The summed E-state index contributed by atoms with van der Waals surface area (Å²) in [4.78, 5) is 12.3. The van der Waals surface area contributed by atoms with Crippen LogP contribution in [0.4, 0.5) is 17.1 Å². The van der Waals surface area contributed by atoms with Crippen LogP contribution in [0.1, 0.15) is 0 Å². The van der Waals surface area contributed by atoms with E-state index in [0.29, 0.717) is 17.3 Å². The second-order valence-electron chi connectivity index (χ2n) is 4.84. The van der Waals surface area contributed by atoms with E-state index in [1.165, 1.54) is 0 Å². The predicted molar refractivity (Wildman–Crippen MR) is 88.0 cm³/mol. The molecular formula is C17H14N4O2. The summed E-state index contributed by atoms with van der Waals surface area (Å²) in [5.41, 5.74) is 2.22. The molecule has 6 heteroatoms. The van der Waals surface area contributed by atoms with E-state index in [1.54, 1.807) is 31.4 Å². The van der Waals surface area contributed by atoms with Crippen LogP contribution in [0.2, 0.25) is 0 Å². The number of nitrogens with one attached hydrogen (secondary N) is 3. The number of amides is 1. The van der Waals surface area contributed by atoms with E-state index < -0.39 is 5.91 Å². The van der Waals surface area contributed by atoms with Crippen molar-refractivity contribution >= 4 is 23.0 Å². The fraction of sp³-hybridized carbons (Fsp3) is 0.0588. The number of benzene rings is 2. The summed E-state index contributed by atoms with van der Waals surface area (Å²) in [6.07, 6.45) is 0. The van der Waals surface area contributed by atoms with Crippen LogP contribution in [0.5, 0.6) is 5.75 Å². The minimum absolute atomic E-state index is 0.0166. The van der Waals surface area contributed by atoms with Gasteiger partial charge in [-0.3, -0.25) is 4.79 Å². The monoisotopic (exact) mass is 306 g/mol. The SMILES string of the molecule is COc1ccc(NC(=O)C(C#N)=C2Nc3ccccc3N2)cc1. The molecule has 6 nitrogen and oxygen atoms in total. The van der Waals surface area contributed by atoms with Crippen molar-refractivity contribution in [2.75, 3.05) is 23.1 Å². The number of methoxy groups -OCH3 is 1. The predicted octanol–water partition coefficient (Wildman–Crippen LogP) is 2.91. The van der Waals surface area contributed by atoms with Crippen molar-refractivity contribution in [1.29, 1.82) is 5.26 Å². The zero-order valence-electron chi connectivity index (χ0n) is 12.4. The summed E-state index contributed by atoms with van der Waals surface area (Å²) in [7, 11) is 1.57. The zero-order chi connectivity index (χ0) is 16.2. The summed E-state index contributed by atoms with van der Waals surface area (Å²) >= 11 is 0. The summed E-state index contributed by atoms with van der Waals surface area (Å²) in [6.45, 7) is 0. The van der Waals surface area contributed by atoms with Crippen LogP contribution in [0.3, 0.4) is 0 Å². The molecular weight excluding hydrogens is 292 g/mol. The average molecular weight is 306 g/mol. The van der Waals surface area contributed by atoms with Crippen LogP contribution < -0.4 is 20.7 Å². The molecule has 0 atom stereocenters. The van der Waals surface area contributed by atoms with Crippen LogP contribution >= 0.6 is 0 Å². The molecule has 114 valence electrons. The molecule has 0 spiro atoms. The summed E-state index contributed by atoms with van der Waals surface area (Å²) in [6, 6.07) is 16.3.